The highest BCUT2D eigenvalue weighted by molar-refractivity contribution is 14.0. The molecule has 130 valence electrons. The van der Waals surface area contributed by atoms with E-state index in [9.17, 15) is 4.79 Å². The third kappa shape index (κ3) is 7.58. The molecule has 1 aromatic rings. The molecule has 0 radical (unpaired) electrons. The Balaban J connectivity index is 0.00000484. The van der Waals surface area contributed by atoms with Crippen LogP contribution < -0.4 is 5.32 Å². The van der Waals surface area contributed by atoms with E-state index in [1.54, 1.807) is 32.1 Å². The summed E-state index contributed by atoms with van der Waals surface area (Å²) in [5.74, 6) is 0.799. The summed E-state index contributed by atoms with van der Waals surface area (Å²) in [6.07, 6.45) is 0.423. The summed E-state index contributed by atoms with van der Waals surface area (Å²) >= 11 is 11.9. The van der Waals surface area contributed by atoms with Crippen LogP contribution in [0.5, 0.6) is 0 Å². The molecule has 5 nitrogen and oxygen atoms in total. The monoisotopic (exact) mass is 472 g/mol. The minimum Gasteiger partial charge on any atom is -0.356 e. The van der Waals surface area contributed by atoms with Crippen molar-refractivity contribution in [1.29, 1.82) is 0 Å². The normalized spacial score (nSPS) is 10.8. The average Bonchev–Trinajstić information content (AvgIpc) is 2.47. The Morgan fingerprint density at radius 2 is 1.87 bits per heavy atom. The van der Waals surface area contributed by atoms with Crippen LogP contribution in [0.2, 0.25) is 10.0 Å². The highest BCUT2D eigenvalue weighted by atomic mass is 127. The number of rotatable bonds is 5. The van der Waals surface area contributed by atoms with Crippen molar-refractivity contribution in [3.63, 3.8) is 0 Å². The van der Waals surface area contributed by atoms with Crippen LogP contribution in [-0.4, -0.2) is 56.4 Å². The fourth-order valence-corrected chi connectivity index (χ4v) is 2.20. The predicted octanol–water partition coefficient (Wildman–Crippen LogP) is 3.10. The smallest absolute Gasteiger partial charge is 0.223 e. The van der Waals surface area contributed by atoms with E-state index in [2.05, 4.69) is 10.3 Å². The van der Waals surface area contributed by atoms with E-state index >= 15 is 0 Å². The molecular formula is C15H23Cl2IN4O. The standard InChI is InChI=1S/C15H22Cl2N4O.HI/c1-18-15(19-8-7-14(22)20(2)3)21(4)10-11-5-6-12(16)13(17)9-11;/h5-6,9H,7-8,10H2,1-4H3,(H,18,19);1H. The molecule has 1 rings (SSSR count). The number of carbonyl (C=O) groups is 1. The second-order valence-electron chi connectivity index (χ2n) is 5.12. The molecule has 1 N–H and O–H groups in total. The van der Waals surface area contributed by atoms with Crippen LogP contribution in [0.25, 0.3) is 0 Å². The molecule has 0 unspecified atom stereocenters. The van der Waals surface area contributed by atoms with Crippen LogP contribution in [0.3, 0.4) is 0 Å². The van der Waals surface area contributed by atoms with Gasteiger partial charge in [0.05, 0.1) is 10.0 Å². The zero-order valence-corrected chi connectivity index (χ0v) is 17.6. The third-order valence-corrected chi connectivity index (χ3v) is 3.84. The van der Waals surface area contributed by atoms with Gasteiger partial charge in [-0.15, -0.1) is 24.0 Å². The first-order valence-corrected chi connectivity index (χ1v) is 7.66. The molecule has 0 aliphatic heterocycles. The maximum absolute atomic E-state index is 11.5. The Bertz CT molecular complexity index is 552. The van der Waals surface area contributed by atoms with Crippen LogP contribution in [0, 0.1) is 0 Å². The average molecular weight is 473 g/mol. The SMILES string of the molecule is CN=C(NCCC(=O)N(C)C)N(C)Cc1ccc(Cl)c(Cl)c1.I. The van der Waals surface area contributed by atoms with Gasteiger partial charge in [0, 0.05) is 47.7 Å². The minimum absolute atomic E-state index is 0. The van der Waals surface area contributed by atoms with E-state index in [-0.39, 0.29) is 29.9 Å². The number of guanidine groups is 1. The molecule has 0 bridgehead atoms. The molecule has 0 fully saturated rings. The molecule has 0 heterocycles. The molecule has 1 aromatic carbocycles. The summed E-state index contributed by atoms with van der Waals surface area (Å²) in [5.41, 5.74) is 1.03. The van der Waals surface area contributed by atoms with Crippen molar-refractivity contribution < 1.29 is 4.79 Å². The summed E-state index contributed by atoms with van der Waals surface area (Å²) in [5, 5.41) is 4.24. The summed E-state index contributed by atoms with van der Waals surface area (Å²) in [4.78, 5) is 19.3. The van der Waals surface area contributed by atoms with Crippen molar-refractivity contribution in [1.82, 2.24) is 15.1 Å². The van der Waals surface area contributed by atoms with E-state index in [1.807, 2.05) is 24.1 Å². The zero-order chi connectivity index (χ0) is 16.7. The molecule has 0 aliphatic carbocycles. The number of carbonyl (C=O) groups excluding carboxylic acids is 1. The van der Waals surface area contributed by atoms with Gasteiger partial charge in [0.2, 0.25) is 5.91 Å². The number of amides is 1. The maximum Gasteiger partial charge on any atom is 0.223 e. The Labute approximate surface area is 165 Å². The number of nitrogens with one attached hydrogen (secondary N) is 1. The lowest BCUT2D eigenvalue weighted by molar-refractivity contribution is -0.128. The topological polar surface area (TPSA) is 47.9 Å². The molecular weight excluding hydrogens is 450 g/mol. The summed E-state index contributed by atoms with van der Waals surface area (Å²) in [7, 11) is 7.12. The van der Waals surface area contributed by atoms with Crippen LogP contribution in [0.1, 0.15) is 12.0 Å². The Morgan fingerprint density at radius 1 is 1.22 bits per heavy atom. The first-order chi connectivity index (χ1) is 10.3. The summed E-state index contributed by atoms with van der Waals surface area (Å²) in [6, 6.07) is 5.54. The van der Waals surface area contributed by atoms with Gasteiger partial charge in [-0.25, -0.2) is 0 Å². The second kappa shape index (κ2) is 10.9. The van der Waals surface area contributed by atoms with Gasteiger partial charge in [-0.2, -0.15) is 0 Å². The Kier molecular flexibility index (Phi) is 10.6. The summed E-state index contributed by atoms with van der Waals surface area (Å²) in [6.45, 7) is 1.17. The van der Waals surface area contributed by atoms with E-state index in [0.29, 0.717) is 29.6 Å². The van der Waals surface area contributed by atoms with E-state index in [1.165, 1.54) is 0 Å². The molecule has 8 heteroatoms. The van der Waals surface area contributed by atoms with E-state index in [4.69, 9.17) is 23.2 Å². The van der Waals surface area contributed by atoms with Gasteiger partial charge in [0.25, 0.3) is 0 Å². The van der Waals surface area contributed by atoms with Gasteiger partial charge in [0.15, 0.2) is 5.96 Å². The fraction of sp³-hybridized carbons (Fsp3) is 0.467. The van der Waals surface area contributed by atoms with Crippen molar-refractivity contribution in [2.45, 2.75) is 13.0 Å². The van der Waals surface area contributed by atoms with Gasteiger partial charge in [-0.1, -0.05) is 29.3 Å². The lowest BCUT2D eigenvalue weighted by Crippen LogP contribution is -2.40. The first kappa shape index (κ1) is 22.3. The number of nitrogens with zero attached hydrogens (tertiary/aromatic N) is 3. The van der Waals surface area contributed by atoms with Crippen LogP contribution in [0.4, 0.5) is 0 Å². The fourth-order valence-electron chi connectivity index (χ4n) is 1.88. The largest absolute Gasteiger partial charge is 0.356 e. The zero-order valence-electron chi connectivity index (χ0n) is 13.8. The molecule has 0 atom stereocenters. The number of benzene rings is 1. The molecule has 0 saturated carbocycles. The summed E-state index contributed by atoms with van der Waals surface area (Å²) < 4.78 is 0. The van der Waals surface area contributed by atoms with Gasteiger partial charge in [-0.3, -0.25) is 9.79 Å². The molecule has 0 aliphatic rings. The van der Waals surface area contributed by atoms with Crippen molar-refractivity contribution in [3.8, 4) is 0 Å². The molecule has 0 spiro atoms. The number of hydrogen-bond acceptors (Lipinski definition) is 2. The Hall–Kier alpha value is -0.730. The highest BCUT2D eigenvalue weighted by Gasteiger charge is 2.09. The van der Waals surface area contributed by atoms with Crippen LogP contribution in [-0.2, 0) is 11.3 Å². The molecule has 23 heavy (non-hydrogen) atoms. The number of hydrogen-bond donors (Lipinski definition) is 1. The van der Waals surface area contributed by atoms with Crippen LogP contribution in [0.15, 0.2) is 23.2 Å². The van der Waals surface area contributed by atoms with Crippen molar-refractivity contribution in [3.05, 3.63) is 33.8 Å². The van der Waals surface area contributed by atoms with Crippen molar-refractivity contribution in [2.75, 3.05) is 34.7 Å². The number of aliphatic imine (C=N–C) groups is 1. The maximum atomic E-state index is 11.5. The predicted molar refractivity (Wildman–Crippen MR) is 108 cm³/mol. The van der Waals surface area contributed by atoms with Gasteiger partial charge < -0.3 is 15.1 Å². The minimum atomic E-state index is 0. The van der Waals surface area contributed by atoms with E-state index in [0.717, 1.165) is 11.5 Å². The Morgan fingerprint density at radius 3 is 2.39 bits per heavy atom. The highest BCUT2D eigenvalue weighted by Crippen LogP contribution is 2.23. The quantitative estimate of drug-likeness (QED) is 0.407. The molecule has 0 saturated heterocycles. The molecule has 0 aromatic heterocycles. The van der Waals surface area contributed by atoms with Crippen molar-refractivity contribution >= 4 is 59.0 Å². The lowest BCUT2D eigenvalue weighted by Gasteiger charge is -2.22. The van der Waals surface area contributed by atoms with Gasteiger partial charge in [0.1, 0.15) is 0 Å². The third-order valence-electron chi connectivity index (χ3n) is 3.10. The van der Waals surface area contributed by atoms with Gasteiger partial charge in [-0.05, 0) is 17.7 Å². The van der Waals surface area contributed by atoms with E-state index < -0.39 is 0 Å². The van der Waals surface area contributed by atoms with Crippen LogP contribution >= 0.6 is 47.2 Å². The second-order valence-corrected chi connectivity index (χ2v) is 5.93. The molecule has 1 amide bonds. The van der Waals surface area contributed by atoms with Gasteiger partial charge >= 0.3 is 0 Å². The number of halogens is 3. The van der Waals surface area contributed by atoms with Crippen molar-refractivity contribution in [2.24, 2.45) is 4.99 Å². The lowest BCUT2D eigenvalue weighted by atomic mass is 10.2. The first-order valence-electron chi connectivity index (χ1n) is 6.91.